The van der Waals surface area contributed by atoms with E-state index in [1.807, 2.05) is 22.8 Å². The molecule has 2 bridgehead atoms. The van der Waals surface area contributed by atoms with Gasteiger partial charge in [0.15, 0.2) is 0 Å². The van der Waals surface area contributed by atoms with Gasteiger partial charge in [-0.1, -0.05) is 19.9 Å². The average molecular weight is 535 g/mol. The highest BCUT2D eigenvalue weighted by Gasteiger charge is 2.49. The van der Waals surface area contributed by atoms with Gasteiger partial charge in [0, 0.05) is 60.8 Å². The molecule has 2 unspecified atom stereocenters. The molecule has 1 saturated heterocycles. The second kappa shape index (κ2) is 9.83. The van der Waals surface area contributed by atoms with E-state index >= 15 is 0 Å². The Hall–Kier alpha value is -3.21. The SMILES string of the molecule is CC(C)c1csc(CCNC(=O)[C@@H]2Cc3cc(N([O-])O)ccc3N3CC4CC(Cn5c4cccc5=O)[C@@H]23)n1. The van der Waals surface area contributed by atoms with E-state index in [0.717, 1.165) is 34.1 Å². The number of hydrogen-bond acceptors (Lipinski definition) is 8. The van der Waals surface area contributed by atoms with Crippen LogP contribution in [0.5, 0.6) is 0 Å². The molecule has 1 fully saturated rings. The Morgan fingerprint density at radius 3 is 2.89 bits per heavy atom. The lowest BCUT2D eigenvalue weighted by molar-refractivity contribution is -0.126. The van der Waals surface area contributed by atoms with Gasteiger partial charge in [0.25, 0.3) is 5.56 Å². The average Bonchev–Trinajstić information content (AvgIpc) is 3.38. The van der Waals surface area contributed by atoms with Gasteiger partial charge in [0.1, 0.15) is 0 Å². The number of amides is 1. The van der Waals surface area contributed by atoms with Crippen molar-refractivity contribution in [2.75, 3.05) is 23.2 Å². The van der Waals surface area contributed by atoms with Crippen molar-refractivity contribution in [1.29, 1.82) is 0 Å². The van der Waals surface area contributed by atoms with Crippen LogP contribution in [0.3, 0.4) is 0 Å². The third-order valence-electron chi connectivity index (χ3n) is 8.35. The monoisotopic (exact) mass is 534 g/mol. The summed E-state index contributed by atoms with van der Waals surface area (Å²) in [5.74, 6) is 0.337. The number of nitrogens with zero attached hydrogens (tertiary/aromatic N) is 4. The largest absolute Gasteiger partial charge is 0.733 e. The molecule has 9 nitrogen and oxygen atoms in total. The van der Waals surface area contributed by atoms with Gasteiger partial charge < -0.3 is 25.2 Å². The van der Waals surface area contributed by atoms with Gasteiger partial charge in [-0.3, -0.25) is 14.8 Å². The Morgan fingerprint density at radius 1 is 1.29 bits per heavy atom. The zero-order valence-corrected chi connectivity index (χ0v) is 22.4. The number of aromatic nitrogens is 2. The van der Waals surface area contributed by atoms with Crippen molar-refractivity contribution in [1.82, 2.24) is 14.9 Å². The Labute approximate surface area is 225 Å². The number of pyridine rings is 1. The van der Waals surface area contributed by atoms with E-state index in [2.05, 4.69) is 34.4 Å². The molecule has 0 spiro atoms. The number of fused-ring (bicyclic) bond motifs is 8. The van der Waals surface area contributed by atoms with Gasteiger partial charge in [-0.15, -0.1) is 11.3 Å². The van der Waals surface area contributed by atoms with Crippen LogP contribution in [0.4, 0.5) is 11.4 Å². The number of rotatable bonds is 6. The molecule has 1 amide bonds. The summed E-state index contributed by atoms with van der Waals surface area (Å²) in [6, 6.07) is 10.6. The van der Waals surface area contributed by atoms with Crippen LogP contribution < -0.4 is 21.0 Å². The molecule has 5 heterocycles. The van der Waals surface area contributed by atoms with Crippen molar-refractivity contribution >= 4 is 28.6 Å². The maximum Gasteiger partial charge on any atom is 0.250 e. The van der Waals surface area contributed by atoms with Crippen molar-refractivity contribution in [3.63, 3.8) is 0 Å². The van der Waals surface area contributed by atoms with Crippen molar-refractivity contribution in [3.05, 3.63) is 79.3 Å². The molecule has 3 aliphatic heterocycles. The van der Waals surface area contributed by atoms with Crippen LogP contribution in [-0.2, 0) is 24.2 Å². The topological polar surface area (TPSA) is 114 Å². The fraction of sp³-hybridized carbons (Fsp3) is 0.464. The third-order valence-corrected chi connectivity index (χ3v) is 9.27. The predicted octanol–water partition coefficient (Wildman–Crippen LogP) is 3.65. The summed E-state index contributed by atoms with van der Waals surface area (Å²) in [4.78, 5) is 33.4. The third kappa shape index (κ3) is 4.40. The molecule has 38 heavy (non-hydrogen) atoms. The number of nitrogens with one attached hydrogen (secondary N) is 1. The molecule has 1 aromatic carbocycles. The normalized spacial score (nSPS) is 23.4. The molecule has 10 heteroatoms. The zero-order chi connectivity index (χ0) is 26.6. The lowest BCUT2D eigenvalue weighted by atomic mass is 9.70. The van der Waals surface area contributed by atoms with E-state index in [-0.39, 0.29) is 46.2 Å². The summed E-state index contributed by atoms with van der Waals surface area (Å²) in [7, 11) is 0. The smallest absolute Gasteiger partial charge is 0.250 e. The summed E-state index contributed by atoms with van der Waals surface area (Å²) in [6.07, 6.45) is 2.08. The molecule has 4 atom stereocenters. The highest BCUT2D eigenvalue weighted by Crippen LogP contribution is 2.47. The lowest BCUT2D eigenvalue weighted by Crippen LogP contribution is -2.61. The molecule has 3 aliphatic rings. The van der Waals surface area contributed by atoms with Crippen molar-refractivity contribution in [2.24, 2.45) is 11.8 Å². The van der Waals surface area contributed by atoms with Gasteiger partial charge in [-0.25, -0.2) is 4.98 Å². The van der Waals surface area contributed by atoms with Crippen molar-refractivity contribution < 1.29 is 10.0 Å². The highest BCUT2D eigenvalue weighted by molar-refractivity contribution is 7.09. The Morgan fingerprint density at radius 2 is 2.13 bits per heavy atom. The molecule has 3 aromatic rings. The van der Waals surface area contributed by atoms with Gasteiger partial charge >= 0.3 is 0 Å². The van der Waals surface area contributed by atoms with Crippen LogP contribution >= 0.6 is 11.3 Å². The first kappa shape index (κ1) is 25.1. The highest BCUT2D eigenvalue weighted by atomic mass is 32.1. The van der Waals surface area contributed by atoms with Crippen LogP contribution in [0, 0.1) is 17.0 Å². The summed E-state index contributed by atoms with van der Waals surface area (Å²) < 4.78 is 1.89. The molecule has 0 saturated carbocycles. The fourth-order valence-electron chi connectivity index (χ4n) is 6.59. The van der Waals surface area contributed by atoms with Crippen LogP contribution in [0.2, 0.25) is 0 Å². The molecule has 2 N–H and O–H groups in total. The first-order chi connectivity index (χ1) is 18.3. The molecule has 2 aromatic heterocycles. The maximum atomic E-state index is 13.7. The summed E-state index contributed by atoms with van der Waals surface area (Å²) in [5, 5.41) is 27.2. The molecule has 6 rings (SSSR count). The number of benzene rings is 1. The van der Waals surface area contributed by atoms with E-state index in [9.17, 15) is 20.0 Å². The number of thiazole rings is 1. The lowest BCUT2D eigenvalue weighted by Gasteiger charge is -2.54. The van der Waals surface area contributed by atoms with Gasteiger partial charge in [-0.05, 0) is 54.5 Å². The Bertz CT molecular complexity index is 1420. The maximum absolute atomic E-state index is 13.7. The Kier molecular flexibility index (Phi) is 6.49. The fourth-order valence-corrected chi connectivity index (χ4v) is 7.55. The van der Waals surface area contributed by atoms with Crippen LogP contribution in [0.15, 0.2) is 46.6 Å². The van der Waals surface area contributed by atoms with Gasteiger partial charge in [-0.2, -0.15) is 0 Å². The van der Waals surface area contributed by atoms with Crippen LogP contribution in [-0.4, -0.2) is 39.8 Å². The zero-order valence-electron chi connectivity index (χ0n) is 21.5. The summed E-state index contributed by atoms with van der Waals surface area (Å²) in [6.45, 7) is 6.02. The van der Waals surface area contributed by atoms with Crippen LogP contribution in [0.25, 0.3) is 0 Å². The molecule has 0 aliphatic carbocycles. The summed E-state index contributed by atoms with van der Waals surface area (Å²) in [5.41, 5.74) is 4.15. The Balaban J connectivity index is 1.29. The summed E-state index contributed by atoms with van der Waals surface area (Å²) >= 11 is 1.62. The number of carbonyl (C=O) groups is 1. The minimum Gasteiger partial charge on any atom is -0.733 e. The second-order valence-corrected chi connectivity index (χ2v) is 11.9. The van der Waals surface area contributed by atoms with E-state index < -0.39 is 0 Å². The van der Waals surface area contributed by atoms with E-state index in [0.29, 0.717) is 38.4 Å². The van der Waals surface area contributed by atoms with Crippen molar-refractivity contribution in [3.8, 4) is 0 Å². The molecular weight excluding hydrogens is 502 g/mol. The van der Waals surface area contributed by atoms with Gasteiger partial charge in [0.05, 0.1) is 22.3 Å². The van der Waals surface area contributed by atoms with E-state index in [4.69, 9.17) is 0 Å². The predicted molar refractivity (Wildman–Crippen MR) is 147 cm³/mol. The number of anilines is 2. The van der Waals surface area contributed by atoms with Gasteiger partial charge in [0.2, 0.25) is 5.91 Å². The van der Waals surface area contributed by atoms with E-state index in [1.165, 1.54) is 0 Å². The van der Waals surface area contributed by atoms with Crippen molar-refractivity contribution in [2.45, 2.75) is 57.5 Å². The first-order valence-corrected chi connectivity index (χ1v) is 14.2. The second-order valence-electron chi connectivity index (χ2n) is 11.0. The minimum atomic E-state index is -0.342. The number of hydrogen-bond donors (Lipinski definition) is 2. The molecular formula is C28H32N5O4S-. The first-order valence-electron chi connectivity index (χ1n) is 13.3. The molecule has 0 radical (unpaired) electrons. The number of carbonyl (C=O) groups excluding carboxylic acids is 1. The molecule has 200 valence electrons. The quantitative estimate of drug-likeness (QED) is 0.464. The minimum absolute atomic E-state index is 0.00945. The van der Waals surface area contributed by atoms with Crippen LogP contribution in [0.1, 0.15) is 54.1 Å². The standard InChI is InChI=1S/C28H32N5O4S/c1-16(2)22-15-38-25(30-22)8-9-29-28(35)21-12-17-11-20(33(36)37)6-7-24(17)32-13-18-10-19(27(21)32)14-31-23(18)4-3-5-26(31)34/h3-7,11,15-16,18-19,21,27,36H,8-10,12-14H2,1-2H3,(H,29,35)/q-1/t18?,19?,21-,27+/m1/s1. The van der Waals surface area contributed by atoms with E-state index in [1.54, 1.807) is 29.5 Å². The number of piperidine rings is 1.